The summed E-state index contributed by atoms with van der Waals surface area (Å²) in [5, 5.41) is 0.560. The molecule has 0 aliphatic carbocycles. The summed E-state index contributed by atoms with van der Waals surface area (Å²) in [5.41, 5.74) is 0.866. The van der Waals surface area contributed by atoms with Crippen molar-refractivity contribution in [3.8, 4) is 0 Å². The summed E-state index contributed by atoms with van der Waals surface area (Å²) in [4.78, 5) is 4.15. The van der Waals surface area contributed by atoms with E-state index >= 15 is 0 Å². The fourth-order valence-electron chi connectivity index (χ4n) is 0.823. The highest BCUT2D eigenvalue weighted by Gasteiger charge is 2.04. The van der Waals surface area contributed by atoms with E-state index in [9.17, 15) is 4.21 Å². The van der Waals surface area contributed by atoms with Gasteiger partial charge in [0.25, 0.3) is 0 Å². The fraction of sp³-hybridized carbons (Fsp3) is 0.500. The molecule has 1 aromatic rings. The molecule has 0 amide bonds. The predicted octanol–water partition coefficient (Wildman–Crippen LogP) is 2.50. The smallest absolute Gasteiger partial charge is 0.135 e. The van der Waals surface area contributed by atoms with Gasteiger partial charge in [0.1, 0.15) is 5.03 Å². The molecule has 1 atom stereocenters. The molecule has 1 rings (SSSR count). The Morgan fingerprint density at radius 1 is 1.36 bits per heavy atom. The summed E-state index contributed by atoms with van der Waals surface area (Å²) in [7, 11) is -0.709. The van der Waals surface area contributed by atoms with Crippen molar-refractivity contribution in [1.82, 2.24) is 4.98 Å². The maximum Gasteiger partial charge on any atom is 0.135 e. The molecule has 0 radical (unpaired) electrons. The van der Waals surface area contributed by atoms with Crippen LogP contribution in [-0.4, -0.2) is 22.5 Å². The van der Waals surface area contributed by atoms with Crippen molar-refractivity contribution in [2.24, 2.45) is 4.36 Å². The molecule has 0 aromatic carbocycles. The normalized spacial score (nSPS) is 13.5. The molecule has 3 nitrogen and oxygen atoms in total. The van der Waals surface area contributed by atoms with Crippen LogP contribution in [0.25, 0.3) is 0 Å². The first-order chi connectivity index (χ1) is 6.56. The summed E-state index contributed by atoms with van der Waals surface area (Å²) in [6.07, 6.45) is 1.59. The Labute approximate surface area is 86.8 Å². The maximum absolute atomic E-state index is 11.7. The second-order valence-electron chi connectivity index (χ2n) is 2.60. The minimum absolute atomic E-state index is 0.560. The summed E-state index contributed by atoms with van der Waals surface area (Å²) in [6.45, 7) is 5.87. The van der Waals surface area contributed by atoms with E-state index in [0.717, 1.165) is 5.69 Å². The first-order valence-electron chi connectivity index (χ1n) is 4.60. The Morgan fingerprint density at radius 3 is 2.36 bits per heavy atom. The third kappa shape index (κ3) is 3.46. The molecule has 0 bridgehead atoms. The van der Waals surface area contributed by atoms with Gasteiger partial charge < -0.3 is 0 Å². The number of nitrogens with zero attached hydrogens (tertiary/aromatic N) is 2. The van der Waals surface area contributed by atoms with Crippen LogP contribution in [0.2, 0.25) is 0 Å². The van der Waals surface area contributed by atoms with Crippen LogP contribution in [-0.2, 0) is 9.73 Å². The SMILES string of the molecule is CC.CN=S(C)(=O)c1cccc(C)n1. The second kappa shape index (κ2) is 5.75. The van der Waals surface area contributed by atoms with Crippen molar-refractivity contribution in [2.75, 3.05) is 13.3 Å². The molecule has 0 saturated heterocycles. The molecule has 1 aromatic heterocycles. The molecular weight excluding hydrogens is 196 g/mol. The Hall–Kier alpha value is -0.900. The largest absolute Gasteiger partial charge is 0.243 e. The quantitative estimate of drug-likeness (QED) is 0.721. The Bertz CT molecular complexity index is 393. The van der Waals surface area contributed by atoms with Crippen molar-refractivity contribution in [2.45, 2.75) is 25.8 Å². The van der Waals surface area contributed by atoms with E-state index in [1.54, 1.807) is 19.4 Å². The van der Waals surface area contributed by atoms with E-state index in [2.05, 4.69) is 9.35 Å². The van der Waals surface area contributed by atoms with Crippen LogP contribution in [0.15, 0.2) is 27.6 Å². The van der Waals surface area contributed by atoms with E-state index in [1.807, 2.05) is 32.9 Å². The van der Waals surface area contributed by atoms with Gasteiger partial charge in [0, 0.05) is 19.0 Å². The zero-order valence-electron chi connectivity index (χ0n) is 9.44. The standard InChI is InChI=1S/C8H12N2OS.C2H6/c1-7-5-4-6-8(10-7)12(3,11)9-2;1-2/h4-6H,1-3H3;1-2H3. The molecule has 0 aliphatic rings. The van der Waals surface area contributed by atoms with E-state index in [1.165, 1.54) is 0 Å². The molecule has 80 valence electrons. The van der Waals surface area contributed by atoms with Crippen LogP contribution in [0.1, 0.15) is 19.5 Å². The number of aryl methyl sites for hydroxylation is 1. The van der Waals surface area contributed by atoms with E-state index < -0.39 is 9.73 Å². The van der Waals surface area contributed by atoms with Gasteiger partial charge in [-0.15, -0.1) is 0 Å². The van der Waals surface area contributed by atoms with Crippen LogP contribution < -0.4 is 0 Å². The van der Waals surface area contributed by atoms with Crippen molar-refractivity contribution in [1.29, 1.82) is 0 Å². The Balaban J connectivity index is 0.000000791. The van der Waals surface area contributed by atoms with Crippen molar-refractivity contribution in [3.05, 3.63) is 23.9 Å². The average Bonchev–Trinajstić information content (AvgIpc) is 2.21. The number of hydrogen-bond donors (Lipinski definition) is 0. The van der Waals surface area contributed by atoms with E-state index in [4.69, 9.17) is 0 Å². The van der Waals surface area contributed by atoms with Crippen LogP contribution in [0.5, 0.6) is 0 Å². The lowest BCUT2D eigenvalue weighted by atomic mass is 10.4. The zero-order chi connectivity index (χ0) is 11.2. The van der Waals surface area contributed by atoms with Gasteiger partial charge in [-0.2, -0.15) is 0 Å². The summed E-state index contributed by atoms with van der Waals surface area (Å²) in [6, 6.07) is 5.45. The number of pyridine rings is 1. The highest BCUT2D eigenvalue weighted by Crippen LogP contribution is 2.07. The van der Waals surface area contributed by atoms with Gasteiger partial charge in [0.15, 0.2) is 0 Å². The minimum Gasteiger partial charge on any atom is -0.243 e. The van der Waals surface area contributed by atoms with Gasteiger partial charge in [-0.25, -0.2) is 13.6 Å². The summed E-state index contributed by atoms with van der Waals surface area (Å²) >= 11 is 0. The fourth-order valence-corrected chi connectivity index (χ4v) is 1.65. The van der Waals surface area contributed by atoms with Crippen molar-refractivity contribution in [3.63, 3.8) is 0 Å². The number of rotatable bonds is 1. The zero-order valence-corrected chi connectivity index (χ0v) is 10.3. The van der Waals surface area contributed by atoms with E-state index in [0.29, 0.717) is 5.03 Å². The molecule has 0 spiro atoms. The third-order valence-electron chi connectivity index (χ3n) is 1.60. The maximum atomic E-state index is 11.7. The predicted molar refractivity (Wildman–Crippen MR) is 61.0 cm³/mol. The lowest BCUT2D eigenvalue weighted by molar-refractivity contribution is 0.676. The number of hydrogen-bond acceptors (Lipinski definition) is 3. The Morgan fingerprint density at radius 2 is 1.93 bits per heavy atom. The second-order valence-corrected chi connectivity index (χ2v) is 4.99. The molecule has 0 saturated carbocycles. The summed E-state index contributed by atoms with van der Waals surface area (Å²) < 4.78 is 15.5. The minimum atomic E-state index is -2.26. The lowest BCUT2D eigenvalue weighted by Gasteiger charge is -2.01. The van der Waals surface area contributed by atoms with Gasteiger partial charge in [0.05, 0.1) is 9.73 Å². The van der Waals surface area contributed by atoms with Gasteiger partial charge in [-0.1, -0.05) is 19.9 Å². The molecule has 0 aliphatic heterocycles. The summed E-state index contributed by atoms with van der Waals surface area (Å²) in [5.74, 6) is 0. The van der Waals surface area contributed by atoms with Crippen LogP contribution >= 0.6 is 0 Å². The molecule has 4 heteroatoms. The van der Waals surface area contributed by atoms with Gasteiger partial charge >= 0.3 is 0 Å². The lowest BCUT2D eigenvalue weighted by Crippen LogP contribution is -2.00. The Kier molecular flexibility index (Phi) is 5.38. The first kappa shape index (κ1) is 13.1. The van der Waals surface area contributed by atoms with Crippen LogP contribution in [0.4, 0.5) is 0 Å². The molecule has 0 fully saturated rings. The molecule has 1 unspecified atom stereocenters. The van der Waals surface area contributed by atoms with E-state index in [-0.39, 0.29) is 0 Å². The highest BCUT2D eigenvalue weighted by molar-refractivity contribution is 7.92. The van der Waals surface area contributed by atoms with Gasteiger partial charge in [-0.3, -0.25) is 0 Å². The van der Waals surface area contributed by atoms with Crippen LogP contribution in [0.3, 0.4) is 0 Å². The first-order valence-corrected chi connectivity index (χ1v) is 6.52. The molecule has 0 N–H and O–H groups in total. The van der Waals surface area contributed by atoms with Crippen LogP contribution in [0, 0.1) is 6.92 Å². The highest BCUT2D eigenvalue weighted by atomic mass is 32.2. The average molecular weight is 214 g/mol. The molecular formula is C10H18N2OS. The van der Waals surface area contributed by atoms with Gasteiger partial charge in [-0.05, 0) is 19.1 Å². The van der Waals surface area contributed by atoms with Gasteiger partial charge in [0.2, 0.25) is 0 Å². The molecule has 1 heterocycles. The topological polar surface area (TPSA) is 42.3 Å². The monoisotopic (exact) mass is 214 g/mol. The van der Waals surface area contributed by atoms with Crippen molar-refractivity contribution >= 4 is 9.73 Å². The number of aromatic nitrogens is 1. The van der Waals surface area contributed by atoms with Crippen molar-refractivity contribution < 1.29 is 4.21 Å². The third-order valence-corrected chi connectivity index (χ3v) is 3.30. The molecule has 14 heavy (non-hydrogen) atoms.